The third-order valence-electron chi connectivity index (χ3n) is 3.87. The van der Waals surface area contributed by atoms with E-state index in [-0.39, 0.29) is 11.5 Å². The number of para-hydroxylation sites is 1. The van der Waals surface area contributed by atoms with E-state index >= 15 is 0 Å². The second-order valence-corrected chi connectivity index (χ2v) is 5.68. The molecule has 0 saturated carbocycles. The SMILES string of the molecule is Cc1ccc(C=C(C(=O)c2ccccc2O)c2ccccc2)cc1. The first kappa shape index (κ1) is 15.8. The zero-order chi connectivity index (χ0) is 16.9. The van der Waals surface area contributed by atoms with E-state index in [0.29, 0.717) is 11.1 Å². The number of aryl methyl sites for hydroxylation is 1. The Kier molecular flexibility index (Phi) is 4.57. The van der Waals surface area contributed by atoms with Gasteiger partial charge in [0.2, 0.25) is 0 Å². The van der Waals surface area contributed by atoms with Crippen molar-refractivity contribution in [1.29, 1.82) is 0 Å². The number of hydrogen-bond acceptors (Lipinski definition) is 2. The Hall–Kier alpha value is -3.13. The molecule has 0 heterocycles. The number of phenols is 1. The maximum Gasteiger partial charge on any atom is 0.197 e. The van der Waals surface area contributed by atoms with Crippen molar-refractivity contribution >= 4 is 17.4 Å². The Morgan fingerprint density at radius 1 is 0.833 bits per heavy atom. The van der Waals surface area contributed by atoms with E-state index in [4.69, 9.17) is 0 Å². The van der Waals surface area contributed by atoms with E-state index in [9.17, 15) is 9.90 Å². The van der Waals surface area contributed by atoms with E-state index in [0.717, 1.165) is 11.1 Å². The number of rotatable bonds is 4. The molecule has 118 valence electrons. The van der Waals surface area contributed by atoms with Crippen LogP contribution >= 0.6 is 0 Å². The fourth-order valence-electron chi connectivity index (χ4n) is 2.54. The number of allylic oxidation sites excluding steroid dienone is 1. The quantitative estimate of drug-likeness (QED) is 0.412. The van der Waals surface area contributed by atoms with E-state index in [2.05, 4.69) is 0 Å². The molecule has 24 heavy (non-hydrogen) atoms. The lowest BCUT2D eigenvalue weighted by molar-refractivity contribution is 0.105. The molecule has 0 atom stereocenters. The van der Waals surface area contributed by atoms with Crippen molar-refractivity contribution < 1.29 is 9.90 Å². The summed E-state index contributed by atoms with van der Waals surface area (Å²) in [4.78, 5) is 13.0. The van der Waals surface area contributed by atoms with Gasteiger partial charge in [0.05, 0.1) is 5.56 Å². The molecular weight excluding hydrogens is 296 g/mol. The van der Waals surface area contributed by atoms with Crippen molar-refractivity contribution in [2.45, 2.75) is 6.92 Å². The number of benzene rings is 3. The van der Waals surface area contributed by atoms with Gasteiger partial charge in [0.15, 0.2) is 5.78 Å². The number of carbonyl (C=O) groups excluding carboxylic acids is 1. The van der Waals surface area contributed by atoms with Crippen LogP contribution in [0, 0.1) is 6.92 Å². The van der Waals surface area contributed by atoms with E-state index in [1.807, 2.05) is 67.6 Å². The van der Waals surface area contributed by atoms with E-state index < -0.39 is 0 Å². The number of ketones is 1. The van der Waals surface area contributed by atoms with Gasteiger partial charge in [0, 0.05) is 5.57 Å². The van der Waals surface area contributed by atoms with Crippen LogP contribution in [0.2, 0.25) is 0 Å². The predicted octanol–water partition coefficient (Wildman–Crippen LogP) is 5.12. The first-order valence-corrected chi connectivity index (χ1v) is 7.81. The highest BCUT2D eigenvalue weighted by atomic mass is 16.3. The Bertz CT molecular complexity index is 875. The van der Waals surface area contributed by atoms with Crippen LogP contribution in [0.4, 0.5) is 0 Å². The molecule has 3 aromatic carbocycles. The number of hydrogen-bond donors (Lipinski definition) is 1. The Morgan fingerprint density at radius 2 is 1.46 bits per heavy atom. The fraction of sp³-hybridized carbons (Fsp3) is 0.0455. The van der Waals surface area contributed by atoms with Gasteiger partial charge in [-0.25, -0.2) is 0 Å². The van der Waals surface area contributed by atoms with Crippen molar-refractivity contribution in [2.24, 2.45) is 0 Å². The zero-order valence-corrected chi connectivity index (χ0v) is 13.4. The van der Waals surface area contributed by atoms with Crippen molar-refractivity contribution in [3.05, 3.63) is 101 Å². The van der Waals surface area contributed by atoms with Gasteiger partial charge in [-0.1, -0.05) is 72.3 Å². The molecule has 0 amide bonds. The third-order valence-corrected chi connectivity index (χ3v) is 3.87. The number of aromatic hydroxyl groups is 1. The normalized spacial score (nSPS) is 11.3. The van der Waals surface area contributed by atoms with Crippen molar-refractivity contribution in [3.8, 4) is 5.75 Å². The molecule has 3 rings (SSSR count). The van der Waals surface area contributed by atoms with Crippen LogP contribution in [0.1, 0.15) is 27.0 Å². The van der Waals surface area contributed by atoms with Gasteiger partial charge >= 0.3 is 0 Å². The molecule has 0 fully saturated rings. The van der Waals surface area contributed by atoms with Crippen LogP contribution in [0.15, 0.2) is 78.9 Å². The van der Waals surface area contributed by atoms with Gasteiger partial charge in [-0.05, 0) is 36.3 Å². The molecule has 2 heteroatoms. The minimum atomic E-state index is -0.195. The largest absolute Gasteiger partial charge is 0.507 e. The second kappa shape index (κ2) is 6.97. The second-order valence-electron chi connectivity index (χ2n) is 5.68. The highest BCUT2D eigenvalue weighted by Gasteiger charge is 2.17. The van der Waals surface area contributed by atoms with Gasteiger partial charge in [-0.2, -0.15) is 0 Å². The number of carbonyl (C=O) groups is 1. The first-order valence-electron chi connectivity index (χ1n) is 7.81. The minimum absolute atomic E-state index is 0.00626. The van der Waals surface area contributed by atoms with Gasteiger partial charge < -0.3 is 5.11 Å². The first-order chi connectivity index (χ1) is 11.6. The molecular formula is C22H18O2. The van der Waals surface area contributed by atoms with Gasteiger partial charge in [-0.15, -0.1) is 0 Å². The van der Waals surface area contributed by atoms with Gasteiger partial charge in [0.25, 0.3) is 0 Å². The summed E-state index contributed by atoms with van der Waals surface area (Å²) in [7, 11) is 0. The molecule has 0 aliphatic carbocycles. The van der Waals surface area contributed by atoms with Crippen molar-refractivity contribution in [2.75, 3.05) is 0 Å². The summed E-state index contributed by atoms with van der Waals surface area (Å²) in [5.41, 5.74) is 3.80. The Labute approximate surface area is 141 Å². The standard InChI is InChI=1S/C22H18O2/c1-16-11-13-17(14-12-16)15-20(18-7-3-2-4-8-18)22(24)19-9-5-6-10-21(19)23/h2-15,23H,1H3. The molecule has 0 unspecified atom stereocenters. The van der Waals surface area contributed by atoms with E-state index in [1.165, 1.54) is 11.6 Å². The third kappa shape index (κ3) is 3.44. The molecule has 3 aromatic rings. The highest BCUT2D eigenvalue weighted by molar-refractivity contribution is 6.33. The minimum Gasteiger partial charge on any atom is -0.507 e. The molecule has 0 saturated heterocycles. The lowest BCUT2D eigenvalue weighted by Gasteiger charge is -2.09. The molecule has 0 aromatic heterocycles. The average molecular weight is 314 g/mol. The molecule has 0 bridgehead atoms. The molecule has 2 nitrogen and oxygen atoms in total. The summed E-state index contributed by atoms with van der Waals surface area (Å²) in [6, 6.07) is 24.1. The van der Waals surface area contributed by atoms with Crippen LogP contribution in [0.25, 0.3) is 11.6 Å². The van der Waals surface area contributed by atoms with Gasteiger partial charge in [0.1, 0.15) is 5.75 Å². The Balaban J connectivity index is 2.11. The molecule has 0 spiro atoms. The average Bonchev–Trinajstić information content (AvgIpc) is 2.62. The maximum absolute atomic E-state index is 13.0. The fourth-order valence-corrected chi connectivity index (χ4v) is 2.54. The van der Waals surface area contributed by atoms with Gasteiger partial charge in [-0.3, -0.25) is 4.79 Å². The molecule has 0 aliphatic rings. The number of phenolic OH excluding ortho intramolecular Hbond substituents is 1. The molecule has 1 N–H and O–H groups in total. The zero-order valence-electron chi connectivity index (χ0n) is 13.4. The van der Waals surface area contributed by atoms with Crippen LogP contribution in [-0.2, 0) is 0 Å². The highest BCUT2D eigenvalue weighted by Crippen LogP contribution is 2.27. The van der Waals surface area contributed by atoms with Crippen molar-refractivity contribution in [3.63, 3.8) is 0 Å². The van der Waals surface area contributed by atoms with Crippen LogP contribution in [0.5, 0.6) is 5.75 Å². The topological polar surface area (TPSA) is 37.3 Å². The number of Topliss-reactive ketones (excluding diaryl/α,β-unsaturated/α-hetero) is 1. The summed E-state index contributed by atoms with van der Waals surface area (Å²) in [6.45, 7) is 2.03. The lowest BCUT2D eigenvalue weighted by atomic mass is 9.94. The van der Waals surface area contributed by atoms with Crippen molar-refractivity contribution in [1.82, 2.24) is 0 Å². The summed E-state index contributed by atoms with van der Waals surface area (Å²) in [5.74, 6) is -0.201. The van der Waals surface area contributed by atoms with Crippen LogP contribution in [-0.4, -0.2) is 10.9 Å². The van der Waals surface area contributed by atoms with E-state index in [1.54, 1.807) is 18.2 Å². The summed E-state index contributed by atoms with van der Waals surface area (Å²) in [5, 5.41) is 10.0. The monoisotopic (exact) mass is 314 g/mol. The molecule has 0 aliphatic heterocycles. The maximum atomic E-state index is 13.0. The van der Waals surface area contributed by atoms with Crippen LogP contribution < -0.4 is 0 Å². The Morgan fingerprint density at radius 3 is 2.12 bits per heavy atom. The summed E-state index contributed by atoms with van der Waals surface area (Å²) < 4.78 is 0. The lowest BCUT2D eigenvalue weighted by Crippen LogP contribution is -2.03. The summed E-state index contributed by atoms with van der Waals surface area (Å²) >= 11 is 0. The van der Waals surface area contributed by atoms with Crippen LogP contribution in [0.3, 0.4) is 0 Å². The summed E-state index contributed by atoms with van der Waals surface area (Å²) in [6.07, 6.45) is 1.86. The smallest absolute Gasteiger partial charge is 0.197 e. The predicted molar refractivity (Wildman–Crippen MR) is 97.9 cm³/mol. The molecule has 0 radical (unpaired) electrons.